The highest BCUT2D eigenvalue weighted by atomic mass is 32.1. The number of amides is 5. The van der Waals surface area contributed by atoms with Gasteiger partial charge in [0.2, 0.25) is 17.6 Å². The first-order valence-corrected chi connectivity index (χ1v) is 15.5. The van der Waals surface area contributed by atoms with Crippen LogP contribution in [-0.2, 0) is 19.2 Å². The quantitative estimate of drug-likeness (QED) is 0.0906. The van der Waals surface area contributed by atoms with E-state index in [1.54, 1.807) is 0 Å². The van der Waals surface area contributed by atoms with E-state index in [9.17, 15) is 24.0 Å². The van der Waals surface area contributed by atoms with E-state index < -0.39 is 47.2 Å². The number of ketones is 1. The van der Waals surface area contributed by atoms with Crippen LogP contribution in [-0.4, -0.2) is 84.0 Å². The van der Waals surface area contributed by atoms with Gasteiger partial charge >= 0.3 is 6.03 Å². The maximum Gasteiger partial charge on any atom is 0.315 e. The summed E-state index contributed by atoms with van der Waals surface area (Å²) in [5.74, 6) is -1.99. The van der Waals surface area contributed by atoms with Gasteiger partial charge in [0.1, 0.15) is 12.1 Å². The van der Waals surface area contributed by atoms with Gasteiger partial charge in [-0.15, -0.1) is 0 Å². The molecule has 0 radical (unpaired) electrons. The Balaban J connectivity index is 3.01. The number of primary amides is 1. The smallest absolute Gasteiger partial charge is 0.315 e. The summed E-state index contributed by atoms with van der Waals surface area (Å²) in [6, 6.07) is -3.39. The number of hydrogen-bond donors (Lipinski definition) is 6. The summed E-state index contributed by atoms with van der Waals surface area (Å²) in [4.78, 5) is 65.6. The number of Topliss-reactive ketones (excluding diaryl/α,β-unsaturated/α-hetero) is 1. The summed E-state index contributed by atoms with van der Waals surface area (Å²) in [5, 5.41) is 12.0. The number of carbonyl (C=O) groups is 5. The van der Waals surface area contributed by atoms with E-state index in [4.69, 9.17) is 5.73 Å². The van der Waals surface area contributed by atoms with E-state index in [0.29, 0.717) is 32.4 Å². The second-order valence-electron chi connectivity index (χ2n) is 13.1. The van der Waals surface area contributed by atoms with Crippen molar-refractivity contribution in [2.45, 2.75) is 118 Å². The average molecular weight is 599 g/mol. The molecule has 0 aromatic rings. The van der Waals surface area contributed by atoms with Crippen molar-refractivity contribution < 1.29 is 24.0 Å². The molecule has 236 valence electrons. The molecular formula is C29H54N6O5S. The van der Waals surface area contributed by atoms with Gasteiger partial charge in [-0.3, -0.25) is 19.2 Å². The molecule has 41 heavy (non-hydrogen) atoms. The minimum Gasteiger partial charge on any atom is -0.363 e. The standard InChI is InChI=1S/C29H54N6O5S/c1-8-9-13-19(22(36)24(30)37)32-25(38)20-14-12-16-35(20)26(39)23(29(5,6)7)34-27(40)33-21(28(2,3)4)18-31-15-10-11-17-41/h19-21,23,31,41H,8-18H2,1-7H3,(H2,30,37)(H,32,38)(H2,33,34,40). The number of hydrogen-bond acceptors (Lipinski definition) is 7. The van der Waals surface area contributed by atoms with Crippen LogP contribution >= 0.6 is 12.6 Å². The Hall–Kier alpha value is -2.34. The Morgan fingerprint density at radius 1 is 0.951 bits per heavy atom. The summed E-state index contributed by atoms with van der Waals surface area (Å²) in [6.45, 7) is 15.4. The van der Waals surface area contributed by atoms with Crippen molar-refractivity contribution in [3.8, 4) is 0 Å². The molecule has 12 heteroatoms. The third kappa shape index (κ3) is 12.2. The summed E-state index contributed by atoms with van der Waals surface area (Å²) >= 11 is 4.24. The molecule has 5 amide bonds. The first-order valence-electron chi connectivity index (χ1n) is 14.9. The number of nitrogens with zero attached hydrogens (tertiary/aromatic N) is 1. The lowest BCUT2D eigenvalue weighted by atomic mass is 9.85. The van der Waals surface area contributed by atoms with E-state index in [2.05, 4.69) is 33.9 Å². The molecule has 0 aromatic heterocycles. The maximum atomic E-state index is 13.8. The number of urea groups is 1. The second-order valence-corrected chi connectivity index (χ2v) is 13.5. The Bertz CT molecular complexity index is 901. The van der Waals surface area contributed by atoms with E-state index >= 15 is 0 Å². The molecule has 0 spiro atoms. The first kappa shape index (κ1) is 36.7. The molecule has 6 N–H and O–H groups in total. The highest BCUT2D eigenvalue weighted by Crippen LogP contribution is 2.26. The van der Waals surface area contributed by atoms with Gasteiger partial charge in [-0.1, -0.05) is 61.3 Å². The van der Waals surface area contributed by atoms with Gasteiger partial charge in [0.15, 0.2) is 0 Å². The Morgan fingerprint density at radius 3 is 2.15 bits per heavy atom. The van der Waals surface area contributed by atoms with Crippen LogP contribution in [0.1, 0.15) is 93.4 Å². The Kier molecular flexibility index (Phi) is 15.2. The molecule has 4 unspecified atom stereocenters. The topological polar surface area (TPSA) is 163 Å². The lowest BCUT2D eigenvalue weighted by Gasteiger charge is -2.37. The molecule has 0 saturated carbocycles. The zero-order valence-corrected chi connectivity index (χ0v) is 27.0. The molecule has 1 saturated heterocycles. The van der Waals surface area contributed by atoms with Crippen molar-refractivity contribution in [2.24, 2.45) is 16.6 Å². The number of likely N-dealkylation sites (tertiary alicyclic amines) is 1. The monoisotopic (exact) mass is 598 g/mol. The van der Waals surface area contributed by atoms with E-state index in [0.717, 1.165) is 31.6 Å². The van der Waals surface area contributed by atoms with Crippen molar-refractivity contribution in [2.75, 3.05) is 25.4 Å². The fourth-order valence-electron chi connectivity index (χ4n) is 4.75. The lowest BCUT2D eigenvalue weighted by molar-refractivity contribution is -0.143. The zero-order chi connectivity index (χ0) is 31.4. The Morgan fingerprint density at radius 2 is 1.61 bits per heavy atom. The molecule has 0 aromatic carbocycles. The molecule has 1 rings (SSSR count). The molecule has 1 aliphatic rings. The van der Waals surface area contributed by atoms with Crippen LogP contribution in [0.5, 0.6) is 0 Å². The largest absolute Gasteiger partial charge is 0.363 e. The van der Waals surface area contributed by atoms with Crippen LogP contribution in [0.15, 0.2) is 0 Å². The van der Waals surface area contributed by atoms with Crippen LogP contribution in [0.25, 0.3) is 0 Å². The number of thiol groups is 1. The van der Waals surface area contributed by atoms with Gasteiger partial charge in [-0.05, 0) is 55.2 Å². The minimum absolute atomic E-state index is 0.192. The lowest BCUT2D eigenvalue weighted by Crippen LogP contribution is -2.61. The van der Waals surface area contributed by atoms with Crippen LogP contribution in [0.2, 0.25) is 0 Å². The van der Waals surface area contributed by atoms with Crippen LogP contribution in [0.3, 0.4) is 0 Å². The van der Waals surface area contributed by atoms with Crippen molar-refractivity contribution >= 4 is 42.2 Å². The van der Waals surface area contributed by atoms with Gasteiger partial charge in [0, 0.05) is 19.1 Å². The summed E-state index contributed by atoms with van der Waals surface area (Å²) < 4.78 is 0. The fraction of sp³-hybridized carbons (Fsp3) is 0.828. The number of rotatable bonds is 16. The van der Waals surface area contributed by atoms with E-state index in [1.807, 2.05) is 48.5 Å². The highest BCUT2D eigenvalue weighted by Gasteiger charge is 2.43. The highest BCUT2D eigenvalue weighted by molar-refractivity contribution is 7.80. The second kappa shape index (κ2) is 16.9. The zero-order valence-electron chi connectivity index (χ0n) is 26.1. The molecule has 11 nitrogen and oxygen atoms in total. The summed E-state index contributed by atoms with van der Waals surface area (Å²) in [6.07, 6.45) is 4.71. The van der Waals surface area contributed by atoms with Crippen molar-refractivity contribution in [3.05, 3.63) is 0 Å². The van der Waals surface area contributed by atoms with E-state index in [1.165, 1.54) is 4.90 Å². The molecule has 1 aliphatic heterocycles. The van der Waals surface area contributed by atoms with Crippen molar-refractivity contribution in [1.29, 1.82) is 0 Å². The normalized spacial score (nSPS) is 17.9. The predicted molar refractivity (Wildman–Crippen MR) is 165 cm³/mol. The third-order valence-electron chi connectivity index (χ3n) is 7.41. The summed E-state index contributed by atoms with van der Waals surface area (Å²) in [5.41, 5.74) is 4.32. The first-order chi connectivity index (χ1) is 19.0. The fourth-order valence-corrected chi connectivity index (χ4v) is 4.97. The number of unbranched alkanes of at least 4 members (excludes halogenated alkanes) is 2. The third-order valence-corrected chi connectivity index (χ3v) is 7.73. The Labute approximate surface area is 251 Å². The van der Waals surface area contributed by atoms with Gasteiger partial charge in [0.05, 0.1) is 6.04 Å². The molecule has 1 heterocycles. The SMILES string of the molecule is CCCCC(NC(=O)C1CCCN1C(=O)C(NC(=O)NC(CNCCCCS)C(C)(C)C)C(C)(C)C)C(=O)C(N)=O. The molecule has 0 bridgehead atoms. The minimum atomic E-state index is -1.10. The molecule has 0 aliphatic carbocycles. The number of carbonyl (C=O) groups excluding carboxylic acids is 5. The van der Waals surface area contributed by atoms with Crippen LogP contribution < -0.4 is 27.0 Å². The van der Waals surface area contributed by atoms with Crippen LogP contribution in [0.4, 0.5) is 4.79 Å². The average Bonchev–Trinajstić information content (AvgIpc) is 3.37. The molecule has 4 atom stereocenters. The van der Waals surface area contributed by atoms with Gasteiger partial charge in [-0.25, -0.2) is 4.79 Å². The van der Waals surface area contributed by atoms with Gasteiger partial charge < -0.3 is 31.9 Å². The van der Waals surface area contributed by atoms with Gasteiger partial charge in [0.25, 0.3) is 5.91 Å². The van der Waals surface area contributed by atoms with Crippen LogP contribution in [0, 0.1) is 10.8 Å². The molecular weight excluding hydrogens is 544 g/mol. The van der Waals surface area contributed by atoms with Crippen molar-refractivity contribution in [3.63, 3.8) is 0 Å². The van der Waals surface area contributed by atoms with Crippen molar-refractivity contribution in [1.82, 2.24) is 26.2 Å². The number of nitrogens with two attached hydrogens (primary N) is 1. The van der Waals surface area contributed by atoms with Gasteiger partial charge in [-0.2, -0.15) is 12.6 Å². The predicted octanol–water partition coefficient (Wildman–Crippen LogP) is 2.14. The van der Waals surface area contributed by atoms with E-state index in [-0.39, 0.29) is 23.8 Å². The summed E-state index contributed by atoms with van der Waals surface area (Å²) in [7, 11) is 0. The number of nitrogens with one attached hydrogen (secondary N) is 4. The molecule has 1 fully saturated rings. The maximum absolute atomic E-state index is 13.8.